The average Bonchev–Trinajstić information content (AvgIpc) is 3.75. The predicted octanol–water partition coefficient (Wildman–Crippen LogP) is -1.05. The van der Waals surface area contributed by atoms with Crippen LogP contribution in [0.2, 0.25) is 0 Å². The summed E-state index contributed by atoms with van der Waals surface area (Å²) in [6.07, 6.45) is -6.89. The highest BCUT2D eigenvalue weighted by Gasteiger charge is 2.49. The fourth-order valence-electron chi connectivity index (χ4n) is 5.15. The van der Waals surface area contributed by atoms with E-state index in [9.17, 15) is 28.8 Å². The number of fused-ring (bicyclic) bond motifs is 2. The summed E-state index contributed by atoms with van der Waals surface area (Å²) in [6.45, 7) is -1.24. The Hall–Kier alpha value is -3.43. The van der Waals surface area contributed by atoms with E-state index in [1.165, 1.54) is 21.8 Å². The summed E-state index contributed by atoms with van der Waals surface area (Å²) in [6, 6.07) is 0. The molecule has 2 fully saturated rings. The van der Waals surface area contributed by atoms with Gasteiger partial charge in [0.15, 0.2) is 41.3 Å². The van der Waals surface area contributed by atoms with Crippen molar-refractivity contribution in [2.75, 3.05) is 31.0 Å². The molecule has 4 aromatic rings. The number of nitrogen functional groups attached to an aromatic ring is 2. The van der Waals surface area contributed by atoms with Crippen LogP contribution in [-0.4, -0.2) is 104 Å². The van der Waals surface area contributed by atoms with E-state index in [-0.39, 0.29) is 40.5 Å². The Balaban J connectivity index is 1.20. The van der Waals surface area contributed by atoms with Gasteiger partial charge in [0, 0.05) is 6.42 Å². The van der Waals surface area contributed by atoms with Gasteiger partial charge in [0.1, 0.15) is 36.5 Å². The number of aliphatic hydroxyl groups is 1. The molecule has 0 bridgehead atoms. The van der Waals surface area contributed by atoms with Gasteiger partial charge >= 0.3 is 7.82 Å². The Kier molecular flexibility index (Phi) is 8.69. The van der Waals surface area contributed by atoms with Gasteiger partial charge in [-0.3, -0.25) is 32.5 Å². The smallest absolute Gasteiger partial charge is 0.394 e. The summed E-state index contributed by atoms with van der Waals surface area (Å²) in [5, 5.41) is 9.69. The number of hydrogen-bond donors (Lipinski definition) is 6. The minimum Gasteiger partial charge on any atom is -0.394 e. The number of aromatic nitrogens is 8. The minimum absolute atomic E-state index is 0.0104. The number of hydrogen-bond acceptors (Lipinski definition) is 16. The summed E-state index contributed by atoms with van der Waals surface area (Å²) < 4.78 is 70.1. The predicted molar refractivity (Wildman–Crippen MR) is 148 cm³/mol. The van der Waals surface area contributed by atoms with Gasteiger partial charge in [0.25, 0.3) is 5.56 Å². The lowest BCUT2D eigenvalue weighted by molar-refractivity contribution is -0.0645. The summed E-state index contributed by atoms with van der Waals surface area (Å²) in [5.41, 5.74) is 11.0. The van der Waals surface area contributed by atoms with Crippen molar-refractivity contribution in [1.29, 1.82) is 0 Å². The number of ether oxygens (including phenoxy) is 3. The first-order chi connectivity index (χ1) is 21.5. The van der Waals surface area contributed by atoms with E-state index >= 15 is 4.39 Å². The molecule has 45 heavy (non-hydrogen) atoms. The highest BCUT2D eigenvalue weighted by atomic mass is 31.2. The highest BCUT2D eigenvalue weighted by Crippen LogP contribution is 2.50. The monoisotopic (exact) mass is 676 g/mol. The first-order valence-electron chi connectivity index (χ1n) is 13.2. The zero-order valence-corrected chi connectivity index (χ0v) is 24.7. The molecule has 0 aliphatic carbocycles. The van der Waals surface area contributed by atoms with Crippen LogP contribution in [0.3, 0.4) is 0 Å². The van der Waals surface area contributed by atoms with Gasteiger partial charge in [-0.2, -0.15) is 4.98 Å². The molecule has 0 spiro atoms. The molecular weight excluding hydrogens is 649 g/mol. The molecule has 2 aliphatic heterocycles. The molecule has 6 rings (SSSR count). The Bertz CT molecular complexity index is 1840. The molecule has 8 N–H and O–H groups in total. The Labute approximate surface area is 250 Å². The molecule has 0 aromatic carbocycles. The minimum atomic E-state index is -4.99. The van der Waals surface area contributed by atoms with E-state index in [0.717, 1.165) is 6.33 Å². The first kappa shape index (κ1) is 31.5. The van der Waals surface area contributed by atoms with Gasteiger partial charge in [-0.1, -0.05) is 0 Å². The maximum atomic E-state index is 15.7. The number of nitrogens with two attached hydrogens (primary N) is 2. The third-order valence-electron chi connectivity index (χ3n) is 7.07. The highest BCUT2D eigenvalue weighted by molar-refractivity contribution is 7.47. The van der Waals surface area contributed by atoms with Crippen molar-refractivity contribution in [1.82, 2.24) is 39.0 Å². The molecule has 0 saturated carbocycles. The van der Waals surface area contributed by atoms with Gasteiger partial charge < -0.3 is 40.6 Å². The lowest BCUT2D eigenvalue weighted by atomic mass is 10.1. The Morgan fingerprint density at radius 3 is 2.60 bits per heavy atom. The standard InChI is InChI=1S/C21H27FN10O11P2/c22-11-14(39-7-44(35)36)10(42-20(11)31-5-27-12-15(23)25-4-26-16(12)31)3-40-45(37,38)43-9-1-8(2-33)41-19(9)32-6-28-13-17(32)29-21(24)30-18(13)34/h4-6,8-11,14,19-20,33,44H,1-3,7H2,(H,35,36)(H,37,38)(H2,23,25,26)(H3,24,29,30,34)/t8-,9?,10+,11?,14?,19+,20+/m0/s1. The summed E-state index contributed by atoms with van der Waals surface area (Å²) in [7, 11) is -8.18. The molecule has 244 valence electrons. The van der Waals surface area contributed by atoms with Crippen molar-refractivity contribution >= 4 is 49.9 Å². The van der Waals surface area contributed by atoms with Crippen LogP contribution in [0.15, 0.2) is 23.8 Å². The molecule has 2 aliphatic rings. The van der Waals surface area contributed by atoms with Crippen molar-refractivity contribution in [3.63, 3.8) is 0 Å². The number of alkyl halides is 1. The van der Waals surface area contributed by atoms with Crippen LogP contribution in [0, 0.1) is 0 Å². The van der Waals surface area contributed by atoms with Crippen molar-refractivity contribution in [3.05, 3.63) is 29.3 Å². The van der Waals surface area contributed by atoms with Gasteiger partial charge in [0.05, 0.1) is 32.0 Å². The van der Waals surface area contributed by atoms with Gasteiger partial charge in [0.2, 0.25) is 14.0 Å². The Morgan fingerprint density at radius 2 is 1.87 bits per heavy atom. The van der Waals surface area contributed by atoms with Crippen LogP contribution in [0.1, 0.15) is 18.9 Å². The molecule has 6 heterocycles. The number of aliphatic hydroxyl groups excluding tert-OH is 1. The van der Waals surface area contributed by atoms with Gasteiger partial charge in [-0.25, -0.2) is 28.9 Å². The second-order valence-corrected chi connectivity index (χ2v) is 12.5. The number of nitrogens with one attached hydrogen (secondary N) is 1. The van der Waals surface area contributed by atoms with E-state index in [1.807, 2.05) is 0 Å². The summed E-state index contributed by atoms with van der Waals surface area (Å²) >= 11 is 0. The molecular formula is C21H27FN10O11P2. The van der Waals surface area contributed by atoms with Crippen molar-refractivity contribution in [2.45, 2.75) is 49.5 Å². The lowest BCUT2D eigenvalue weighted by Crippen LogP contribution is -2.34. The first-order valence-corrected chi connectivity index (χ1v) is 16.2. The quantitative estimate of drug-likeness (QED) is 0.103. The number of phosphoric ester groups is 1. The van der Waals surface area contributed by atoms with E-state index in [4.69, 9.17) is 34.7 Å². The SMILES string of the molecule is Nc1nc2c(ncn2[C@@H]2O[C@H](CO)CC2OP(=O)(O)OC[C@H]2O[C@@H](n3cnc4c(N)ncnc43)C(F)C2OC[PH](=O)O)c(=O)[nH]1. The fourth-order valence-corrected chi connectivity index (χ4v) is 6.41. The number of aromatic amines is 1. The fraction of sp³-hybridized carbons (Fsp3) is 0.524. The third kappa shape index (κ3) is 6.21. The van der Waals surface area contributed by atoms with Crippen molar-refractivity contribution in [3.8, 4) is 0 Å². The average molecular weight is 676 g/mol. The molecule has 5 unspecified atom stereocenters. The van der Waals surface area contributed by atoms with Crippen LogP contribution in [0.5, 0.6) is 0 Å². The van der Waals surface area contributed by atoms with Crippen molar-refractivity contribution in [2.24, 2.45) is 0 Å². The number of imidazole rings is 2. The van der Waals surface area contributed by atoms with Crippen LogP contribution in [0.25, 0.3) is 22.3 Å². The molecule has 4 aromatic heterocycles. The number of halogens is 1. The van der Waals surface area contributed by atoms with Crippen molar-refractivity contribution < 1.29 is 51.7 Å². The molecule has 0 amide bonds. The molecule has 0 radical (unpaired) electrons. The summed E-state index contributed by atoms with van der Waals surface area (Å²) in [5.74, 6) is -0.187. The number of H-pyrrole nitrogens is 1. The largest absolute Gasteiger partial charge is 0.472 e. The van der Waals surface area contributed by atoms with Crippen LogP contribution >= 0.6 is 15.9 Å². The van der Waals surface area contributed by atoms with Gasteiger partial charge in [-0.05, 0) is 0 Å². The van der Waals surface area contributed by atoms with Gasteiger partial charge in [-0.15, -0.1) is 0 Å². The van der Waals surface area contributed by atoms with Crippen LogP contribution < -0.4 is 17.0 Å². The maximum Gasteiger partial charge on any atom is 0.472 e. The van der Waals surface area contributed by atoms with Crippen LogP contribution in [-0.2, 0) is 32.4 Å². The second-order valence-electron chi connectivity index (χ2n) is 10.0. The maximum absolute atomic E-state index is 15.7. The number of anilines is 2. The van der Waals surface area contributed by atoms with E-state index in [1.54, 1.807) is 0 Å². The molecule has 21 nitrogen and oxygen atoms in total. The zero-order valence-electron chi connectivity index (χ0n) is 22.8. The summed E-state index contributed by atoms with van der Waals surface area (Å²) in [4.78, 5) is 54.4. The third-order valence-corrected chi connectivity index (χ3v) is 8.50. The molecule has 2 saturated heterocycles. The topological polar surface area (TPSA) is 300 Å². The number of nitrogens with zero attached hydrogens (tertiary/aromatic N) is 7. The van der Waals surface area contributed by atoms with Crippen LogP contribution in [0.4, 0.5) is 16.2 Å². The normalized spacial score (nSPS) is 29.0. The molecule has 24 heteroatoms. The Morgan fingerprint density at radius 1 is 1.13 bits per heavy atom. The lowest BCUT2D eigenvalue weighted by Gasteiger charge is -2.24. The second kappa shape index (κ2) is 12.4. The number of rotatable bonds is 11. The number of phosphoric acid groups is 1. The van der Waals surface area contributed by atoms with E-state index in [2.05, 4.69) is 29.9 Å². The zero-order chi connectivity index (χ0) is 32.0. The van der Waals surface area contributed by atoms with E-state index in [0.29, 0.717) is 0 Å². The van der Waals surface area contributed by atoms with E-state index < -0.39 is 84.0 Å². The molecule has 9 atom stereocenters.